The number of benzene rings is 1. The van der Waals surface area contributed by atoms with Crippen LogP contribution in [0, 0.1) is 11.2 Å². The summed E-state index contributed by atoms with van der Waals surface area (Å²) in [6.07, 6.45) is 3.21. The highest BCUT2D eigenvalue weighted by Crippen LogP contribution is 2.49. The number of carbonyl (C=O) groups excluding carboxylic acids is 1. The van der Waals surface area contributed by atoms with Gasteiger partial charge in [0.2, 0.25) is 15.9 Å². The molecule has 1 aliphatic carbocycles. The van der Waals surface area contributed by atoms with Crippen LogP contribution >= 0.6 is 27.5 Å². The van der Waals surface area contributed by atoms with Gasteiger partial charge in [-0.2, -0.15) is 4.31 Å². The maximum Gasteiger partial charge on any atom is 0.243 e. The Hall–Kier alpha value is -0.700. The summed E-state index contributed by atoms with van der Waals surface area (Å²) < 4.78 is 40.7. The average molecular weight is 454 g/mol. The maximum absolute atomic E-state index is 13.7. The number of rotatable bonds is 4. The number of amides is 1. The highest BCUT2D eigenvalue weighted by atomic mass is 79.9. The van der Waals surface area contributed by atoms with E-state index in [1.807, 2.05) is 0 Å². The van der Waals surface area contributed by atoms with E-state index in [1.54, 1.807) is 0 Å². The lowest BCUT2D eigenvalue weighted by Crippen LogP contribution is -2.55. The summed E-state index contributed by atoms with van der Waals surface area (Å²) in [6.45, 7) is 0.826. The number of alkyl halides is 1. The van der Waals surface area contributed by atoms with E-state index in [9.17, 15) is 17.6 Å². The van der Waals surface area contributed by atoms with Crippen LogP contribution in [0.15, 0.2) is 27.6 Å². The van der Waals surface area contributed by atoms with Gasteiger partial charge in [0.05, 0.1) is 9.37 Å². The molecule has 5 nitrogen and oxygen atoms in total. The van der Waals surface area contributed by atoms with Crippen molar-refractivity contribution in [1.82, 2.24) is 9.62 Å². The van der Waals surface area contributed by atoms with Crippen molar-refractivity contribution in [2.24, 2.45) is 5.41 Å². The van der Waals surface area contributed by atoms with E-state index < -0.39 is 15.8 Å². The van der Waals surface area contributed by atoms with Gasteiger partial charge in [-0.15, -0.1) is 11.6 Å². The second-order valence-corrected chi connectivity index (χ2v) is 9.85. The molecule has 1 saturated heterocycles. The summed E-state index contributed by atoms with van der Waals surface area (Å²) >= 11 is 8.52. The van der Waals surface area contributed by atoms with Gasteiger partial charge < -0.3 is 5.32 Å². The first-order valence-corrected chi connectivity index (χ1v) is 10.8. The number of hydrogen-bond donors (Lipinski definition) is 1. The van der Waals surface area contributed by atoms with E-state index in [2.05, 4.69) is 21.2 Å². The molecule has 1 N–H and O–H groups in total. The van der Waals surface area contributed by atoms with Crippen LogP contribution in [-0.2, 0) is 14.8 Å². The Balaban J connectivity index is 1.61. The Bertz CT molecular complexity index is 774. The van der Waals surface area contributed by atoms with E-state index >= 15 is 0 Å². The molecule has 1 aromatic rings. The van der Waals surface area contributed by atoms with Crippen molar-refractivity contribution >= 4 is 43.5 Å². The van der Waals surface area contributed by atoms with Crippen LogP contribution in [0.2, 0.25) is 0 Å². The van der Waals surface area contributed by atoms with Crippen LogP contribution in [0.4, 0.5) is 4.39 Å². The first-order chi connectivity index (χ1) is 11.8. The Morgan fingerprint density at radius 2 is 2.00 bits per heavy atom. The normalized spacial score (nSPS) is 21.1. The number of nitrogens with zero attached hydrogens (tertiary/aromatic N) is 1. The van der Waals surface area contributed by atoms with Crippen LogP contribution < -0.4 is 5.32 Å². The van der Waals surface area contributed by atoms with Crippen molar-refractivity contribution in [1.29, 1.82) is 0 Å². The molecule has 2 aliphatic rings. The van der Waals surface area contributed by atoms with Crippen LogP contribution in [0.3, 0.4) is 0 Å². The zero-order chi connectivity index (χ0) is 18.2. The molecular formula is C16H19BrClFN2O3S. The fourth-order valence-corrected chi connectivity index (χ4v) is 5.53. The van der Waals surface area contributed by atoms with Crippen molar-refractivity contribution < 1.29 is 17.6 Å². The van der Waals surface area contributed by atoms with Crippen LogP contribution in [-0.4, -0.2) is 43.6 Å². The Morgan fingerprint density at radius 3 is 2.56 bits per heavy atom. The molecule has 138 valence electrons. The second kappa shape index (κ2) is 7.13. The quantitative estimate of drug-likeness (QED) is 0.713. The van der Waals surface area contributed by atoms with Gasteiger partial charge in [0.25, 0.3) is 0 Å². The number of sulfonamides is 1. The molecule has 1 aromatic carbocycles. The number of carbonyl (C=O) groups is 1. The topological polar surface area (TPSA) is 66.5 Å². The van der Waals surface area contributed by atoms with E-state index in [4.69, 9.17) is 11.6 Å². The maximum atomic E-state index is 13.7. The average Bonchev–Trinajstić information content (AvgIpc) is 2.56. The lowest BCUT2D eigenvalue weighted by Gasteiger charge is -2.52. The lowest BCUT2D eigenvalue weighted by molar-refractivity contribution is -0.121. The molecule has 1 heterocycles. The third kappa shape index (κ3) is 3.86. The zero-order valence-electron chi connectivity index (χ0n) is 13.5. The third-order valence-electron chi connectivity index (χ3n) is 5.16. The molecule has 1 amide bonds. The van der Waals surface area contributed by atoms with Crippen LogP contribution in [0.25, 0.3) is 0 Å². The van der Waals surface area contributed by atoms with Crippen molar-refractivity contribution in [3.63, 3.8) is 0 Å². The van der Waals surface area contributed by atoms with Gasteiger partial charge in [0.1, 0.15) is 11.7 Å². The third-order valence-corrected chi connectivity index (χ3v) is 7.94. The molecule has 0 aromatic heterocycles. The fourth-order valence-electron chi connectivity index (χ4n) is 3.75. The first-order valence-electron chi connectivity index (χ1n) is 8.06. The number of nitrogens with one attached hydrogen (secondary N) is 1. The highest BCUT2D eigenvalue weighted by molar-refractivity contribution is 9.10. The van der Waals surface area contributed by atoms with Gasteiger partial charge in [0.15, 0.2) is 0 Å². The molecule has 1 spiro atoms. The smallest absolute Gasteiger partial charge is 0.243 e. The lowest BCUT2D eigenvalue weighted by atomic mass is 9.60. The Morgan fingerprint density at radius 1 is 1.36 bits per heavy atom. The summed E-state index contributed by atoms with van der Waals surface area (Å²) in [4.78, 5) is 11.3. The van der Waals surface area contributed by atoms with Crippen molar-refractivity contribution in [3.8, 4) is 0 Å². The summed E-state index contributed by atoms with van der Waals surface area (Å²) in [5.41, 5.74) is 0.0985. The number of halogens is 3. The highest BCUT2D eigenvalue weighted by Gasteiger charge is 2.47. The molecule has 25 heavy (non-hydrogen) atoms. The molecule has 1 aliphatic heterocycles. The van der Waals surface area contributed by atoms with E-state index in [1.165, 1.54) is 16.4 Å². The van der Waals surface area contributed by atoms with E-state index in [0.717, 1.165) is 31.7 Å². The van der Waals surface area contributed by atoms with Crippen molar-refractivity contribution in [2.45, 2.75) is 36.6 Å². The summed E-state index contributed by atoms with van der Waals surface area (Å²) in [5, 5.41) is 2.87. The monoisotopic (exact) mass is 452 g/mol. The number of piperidine rings is 1. The van der Waals surface area contributed by atoms with E-state index in [0.29, 0.717) is 13.1 Å². The summed E-state index contributed by atoms with van der Waals surface area (Å²) in [7, 11) is -3.69. The second-order valence-electron chi connectivity index (χ2n) is 6.79. The molecule has 0 unspecified atom stereocenters. The predicted molar refractivity (Wildman–Crippen MR) is 96.4 cm³/mol. The molecule has 3 rings (SSSR count). The zero-order valence-corrected chi connectivity index (χ0v) is 16.6. The van der Waals surface area contributed by atoms with Crippen LogP contribution in [0.5, 0.6) is 0 Å². The summed E-state index contributed by atoms with van der Waals surface area (Å²) in [6, 6.07) is 4.00. The van der Waals surface area contributed by atoms with Gasteiger partial charge in [-0.3, -0.25) is 4.79 Å². The Labute approximate surface area is 160 Å². The van der Waals surface area contributed by atoms with Gasteiger partial charge in [-0.1, -0.05) is 0 Å². The Kier molecular flexibility index (Phi) is 5.44. The molecule has 9 heteroatoms. The molecule has 2 fully saturated rings. The van der Waals surface area contributed by atoms with Gasteiger partial charge in [0, 0.05) is 19.1 Å². The fraction of sp³-hybridized carbons (Fsp3) is 0.562. The van der Waals surface area contributed by atoms with Crippen molar-refractivity contribution in [2.75, 3.05) is 19.0 Å². The molecular weight excluding hydrogens is 435 g/mol. The first kappa shape index (κ1) is 19.1. The standard InChI is InChI=1S/C16H19BrClFN2O3S/c17-13-2-1-12(7-14(13)19)25(23,24)21-5-3-16(4-6-21)8-11(9-16)20-15(22)10-18/h1-2,7,11H,3-6,8-10H2,(H,20,22). The van der Waals surface area contributed by atoms with Gasteiger partial charge in [-0.05, 0) is 65.2 Å². The minimum atomic E-state index is -3.69. The van der Waals surface area contributed by atoms with Crippen LogP contribution in [0.1, 0.15) is 25.7 Å². The van der Waals surface area contributed by atoms with Gasteiger partial charge >= 0.3 is 0 Å². The minimum Gasteiger partial charge on any atom is -0.352 e. The number of hydrogen-bond acceptors (Lipinski definition) is 3. The molecule has 1 saturated carbocycles. The summed E-state index contributed by atoms with van der Waals surface area (Å²) in [5.74, 6) is -0.801. The minimum absolute atomic E-state index is 0.0231. The molecule has 0 atom stereocenters. The van der Waals surface area contributed by atoms with Crippen molar-refractivity contribution in [3.05, 3.63) is 28.5 Å². The largest absolute Gasteiger partial charge is 0.352 e. The molecule has 0 bridgehead atoms. The SMILES string of the molecule is O=C(CCl)NC1CC2(CCN(S(=O)(=O)c3ccc(Br)c(F)c3)CC2)C1. The predicted octanol–water partition coefficient (Wildman–Crippen LogP) is 2.88. The van der Waals surface area contributed by atoms with Gasteiger partial charge in [-0.25, -0.2) is 12.8 Å². The van der Waals surface area contributed by atoms with E-state index in [-0.39, 0.29) is 32.6 Å². The molecule has 0 radical (unpaired) electrons.